The Balaban J connectivity index is 5.41. The lowest BCUT2D eigenvalue weighted by Crippen LogP contribution is -2.51. The lowest BCUT2D eigenvalue weighted by molar-refractivity contribution is -0.160. The van der Waals surface area contributed by atoms with Gasteiger partial charge in [0.05, 0.1) is 0 Å². The van der Waals surface area contributed by atoms with Crippen LogP contribution >= 0.6 is 0 Å². The van der Waals surface area contributed by atoms with Crippen molar-refractivity contribution in [2.45, 2.75) is 91.0 Å². The number of rotatable bonds is 9. The molecule has 4 nitrogen and oxygen atoms in total. The third-order valence-corrected chi connectivity index (χ3v) is 10.4. The zero-order valence-corrected chi connectivity index (χ0v) is 17.1. The van der Waals surface area contributed by atoms with Crippen LogP contribution in [-0.2, 0) is 18.8 Å². The summed E-state index contributed by atoms with van der Waals surface area (Å²) in [5.41, 5.74) is 1.18. The molecule has 134 valence electrons. The number of hydrogen-bond acceptors (Lipinski definition) is 4. The second kappa shape index (κ2) is 9.26. The van der Waals surface area contributed by atoms with E-state index in [1.54, 1.807) is 6.92 Å². The van der Waals surface area contributed by atoms with Crippen LogP contribution in [-0.4, -0.2) is 26.4 Å². The fourth-order valence-electron chi connectivity index (χ4n) is 3.31. The molecule has 0 aromatic rings. The summed E-state index contributed by atoms with van der Waals surface area (Å²) >= 11 is 0. The largest absolute Gasteiger partial charge is 0.516 e. The van der Waals surface area contributed by atoms with Gasteiger partial charge < -0.3 is 9.16 Å². The SMILES string of the molecule is C=C(C)C(=O)OC(CCC)C(=O)O[Si](C(C)C)(C(C)C)C(C)C. The molecule has 0 aromatic carbocycles. The molecule has 0 rings (SSSR count). The summed E-state index contributed by atoms with van der Waals surface area (Å²) in [4.78, 5) is 24.5. The Morgan fingerprint density at radius 2 is 1.43 bits per heavy atom. The number of carbonyl (C=O) groups excluding carboxylic acids is 2. The molecular weight excluding hydrogens is 308 g/mol. The smallest absolute Gasteiger partial charge is 0.334 e. The zero-order chi connectivity index (χ0) is 18.4. The van der Waals surface area contributed by atoms with Gasteiger partial charge in [-0.1, -0.05) is 61.5 Å². The molecule has 23 heavy (non-hydrogen) atoms. The summed E-state index contributed by atoms with van der Waals surface area (Å²) in [6, 6.07) is 0. The topological polar surface area (TPSA) is 52.6 Å². The first-order valence-corrected chi connectivity index (χ1v) is 10.7. The minimum absolute atomic E-state index is 0.291. The molecule has 0 bridgehead atoms. The highest BCUT2D eigenvalue weighted by atomic mass is 28.4. The first-order chi connectivity index (χ1) is 10.5. The van der Waals surface area contributed by atoms with Gasteiger partial charge in [0.25, 0.3) is 8.32 Å². The average molecular weight is 343 g/mol. The molecule has 0 aromatic heterocycles. The molecule has 0 fully saturated rings. The normalized spacial score (nSPS) is 13.3. The summed E-state index contributed by atoms with van der Waals surface area (Å²) in [7, 11) is -2.32. The average Bonchev–Trinajstić information content (AvgIpc) is 2.42. The Bertz CT molecular complexity index is 405. The molecule has 0 amide bonds. The van der Waals surface area contributed by atoms with E-state index in [9.17, 15) is 9.59 Å². The van der Waals surface area contributed by atoms with Gasteiger partial charge in [-0.2, -0.15) is 0 Å². The molecular formula is C18H34O4Si. The first kappa shape index (κ1) is 21.9. The lowest BCUT2D eigenvalue weighted by atomic mass is 10.2. The van der Waals surface area contributed by atoms with E-state index < -0.39 is 26.4 Å². The predicted octanol–water partition coefficient (Wildman–Crippen LogP) is 4.99. The van der Waals surface area contributed by atoms with Crippen molar-refractivity contribution in [1.82, 2.24) is 0 Å². The summed E-state index contributed by atoms with van der Waals surface area (Å²) in [5.74, 6) is -0.935. The minimum Gasteiger partial charge on any atom is -0.516 e. The fraction of sp³-hybridized carbons (Fsp3) is 0.778. The van der Waals surface area contributed by atoms with E-state index in [-0.39, 0.29) is 0 Å². The quantitative estimate of drug-likeness (QED) is 0.336. The van der Waals surface area contributed by atoms with Crippen molar-refractivity contribution in [2.75, 3.05) is 0 Å². The van der Waals surface area contributed by atoms with Crippen LogP contribution in [0.4, 0.5) is 0 Å². The van der Waals surface area contributed by atoms with E-state index in [0.717, 1.165) is 6.42 Å². The highest BCUT2D eigenvalue weighted by Gasteiger charge is 2.49. The minimum atomic E-state index is -2.32. The van der Waals surface area contributed by atoms with Crippen LogP contribution in [0.15, 0.2) is 12.2 Å². The third-order valence-electron chi connectivity index (χ3n) is 4.40. The van der Waals surface area contributed by atoms with Crippen molar-refractivity contribution in [2.24, 2.45) is 0 Å². The first-order valence-electron chi connectivity index (χ1n) is 8.59. The summed E-state index contributed by atoms with van der Waals surface area (Å²) in [6.07, 6.45) is 0.367. The van der Waals surface area contributed by atoms with Crippen LogP contribution in [0.3, 0.4) is 0 Å². The van der Waals surface area contributed by atoms with Gasteiger partial charge in [0, 0.05) is 5.57 Å². The van der Waals surface area contributed by atoms with Crippen molar-refractivity contribution in [1.29, 1.82) is 0 Å². The van der Waals surface area contributed by atoms with Crippen LogP contribution < -0.4 is 0 Å². The summed E-state index contributed by atoms with van der Waals surface area (Å²) in [5, 5.41) is 0. The van der Waals surface area contributed by atoms with E-state index in [2.05, 4.69) is 48.1 Å². The molecule has 0 saturated heterocycles. The van der Waals surface area contributed by atoms with Crippen molar-refractivity contribution >= 4 is 20.3 Å². The van der Waals surface area contributed by atoms with E-state index in [1.165, 1.54) is 0 Å². The second-order valence-corrected chi connectivity index (χ2v) is 12.6. The molecule has 1 atom stereocenters. The number of carbonyl (C=O) groups is 2. The monoisotopic (exact) mass is 342 g/mol. The van der Waals surface area contributed by atoms with Gasteiger partial charge in [0.2, 0.25) is 0 Å². The highest BCUT2D eigenvalue weighted by molar-refractivity contribution is 6.79. The molecule has 0 N–H and O–H groups in total. The van der Waals surface area contributed by atoms with Crippen molar-refractivity contribution in [3.8, 4) is 0 Å². The maximum Gasteiger partial charge on any atom is 0.334 e. The second-order valence-electron chi connectivity index (χ2n) is 7.20. The Kier molecular flexibility index (Phi) is 8.81. The predicted molar refractivity (Wildman–Crippen MR) is 96.7 cm³/mol. The van der Waals surface area contributed by atoms with E-state index in [4.69, 9.17) is 9.16 Å². The molecule has 5 heteroatoms. The Morgan fingerprint density at radius 1 is 1.00 bits per heavy atom. The summed E-state index contributed by atoms with van der Waals surface area (Å²) in [6.45, 7) is 19.8. The van der Waals surface area contributed by atoms with E-state index in [1.807, 2.05) is 6.92 Å². The summed E-state index contributed by atoms with van der Waals surface area (Å²) < 4.78 is 11.4. The van der Waals surface area contributed by atoms with Crippen molar-refractivity contribution in [3.05, 3.63) is 12.2 Å². The van der Waals surface area contributed by atoms with Crippen LogP contribution in [0.2, 0.25) is 16.6 Å². The molecule has 1 unspecified atom stereocenters. The Labute approximate surface area is 142 Å². The maximum atomic E-state index is 12.7. The van der Waals surface area contributed by atoms with Gasteiger partial charge in [-0.25, -0.2) is 9.59 Å². The standard InChI is InChI=1S/C18H34O4Si/c1-10-11-16(21-17(19)12(2)3)18(20)22-23(13(4)5,14(6)7)15(8)9/h13-16H,2,10-11H2,1,3-9H3. The van der Waals surface area contributed by atoms with Crippen LogP contribution in [0.25, 0.3) is 0 Å². The Hall–Kier alpha value is -1.10. The van der Waals surface area contributed by atoms with Gasteiger partial charge >= 0.3 is 11.9 Å². The van der Waals surface area contributed by atoms with E-state index >= 15 is 0 Å². The molecule has 0 aliphatic heterocycles. The zero-order valence-electron chi connectivity index (χ0n) is 16.1. The lowest BCUT2D eigenvalue weighted by Gasteiger charge is -2.41. The van der Waals surface area contributed by atoms with Gasteiger partial charge in [-0.15, -0.1) is 0 Å². The highest BCUT2D eigenvalue weighted by Crippen LogP contribution is 2.42. The molecule has 0 saturated carbocycles. The maximum absolute atomic E-state index is 12.7. The molecule has 0 heterocycles. The number of esters is 1. The van der Waals surface area contributed by atoms with Crippen LogP contribution in [0.5, 0.6) is 0 Å². The fourth-order valence-corrected chi connectivity index (χ4v) is 8.50. The van der Waals surface area contributed by atoms with Gasteiger partial charge in [-0.3, -0.25) is 0 Å². The van der Waals surface area contributed by atoms with Gasteiger partial charge in [-0.05, 0) is 30.0 Å². The van der Waals surface area contributed by atoms with Crippen molar-refractivity contribution < 1.29 is 18.8 Å². The van der Waals surface area contributed by atoms with Crippen molar-refractivity contribution in [3.63, 3.8) is 0 Å². The molecule has 0 aliphatic carbocycles. The Morgan fingerprint density at radius 3 is 1.74 bits per heavy atom. The molecule has 0 spiro atoms. The van der Waals surface area contributed by atoms with Crippen LogP contribution in [0, 0.1) is 0 Å². The van der Waals surface area contributed by atoms with Gasteiger partial charge in [0.1, 0.15) is 0 Å². The van der Waals surface area contributed by atoms with Gasteiger partial charge in [0.15, 0.2) is 6.10 Å². The van der Waals surface area contributed by atoms with E-state index in [0.29, 0.717) is 28.6 Å². The number of hydrogen-bond donors (Lipinski definition) is 0. The molecule has 0 radical (unpaired) electrons. The van der Waals surface area contributed by atoms with Crippen LogP contribution in [0.1, 0.15) is 68.2 Å². The third kappa shape index (κ3) is 5.48. The molecule has 0 aliphatic rings. The number of ether oxygens (including phenoxy) is 1.